The van der Waals surface area contributed by atoms with Gasteiger partial charge in [-0.1, -0.05) is 0 Å². The molecule has 20 heavy (non-hydrogen) atoms. The van der Waals surface area contributed by atoms with E-state index in [4.69, 9.17) is 0 Å². The molecule has 1 N–H and O–H groups in total. The maximum Gasteiger partial charge on any atom is 0.130 e. The molecule has 0 aliphatic carbocycles. The van der Waals surface area contributed by atoms with E-state index < -0.39 is 0 Å². The number of rotatable bonds is 4. The molecule has 1 aliphatic heterocycles. The van der Waals surface area contributed by atoms with Crippen molar-refractivity contribution in [1.82, 2.24) is 14.9 Å². The smallest absolute Gasteiger partial charge is 0.130 e. The SMILES string of the molecule is CC(CNc1cc(Br)ncn1)N1CCc2sccc2C1. The number of aromatic nitrogens is 2. The van der Waals surface area contributed by atoms with Crippen LogP contribution in [0, 0.1) is 0 Å². The number of halogens is 1. The fraction of sp³-hybridized carbons (Fsp3) is 0.429. The van der Waals surface area contributed by atoms with Gasteiger partial charge in [0.1, 0.15) is 16.7 Å². The molecule has 1 unspecified atom stereocenters. The molecule has 4 nitrogen and oxygen atoms in total. The molecular weight excluding hydrogens is 336 g/mol. The second-order valence-corrected chi connectivity index (χ2v) is 6.86. The molecule has 2 aromatic rings. The summed E-state index contributed by atoms with van der Waals surface area (Å²) in [6, 6.07) is 4.64. The average Bonchev–Trinajstić information content (AvgIpc) is 2.92. The van der Waals surface area contributed by atoms with Gasteiger partial charge in [-0.3, -0.25) is 4.90 Å². The Morgan fingerprint density at radius 1 is 1.50 bits per heavy atom. The first kappa shape index (κ1) is 14.0. The van der Waals surface area contributed by atoms with Crippen LogP contribution in [0.25, 0.3) is 0 Å². The van der Waals surface area contributed by atoms with Crippen LogP contribution in [0.1, 0.15) is 17.4 Å². The van der Waals surface area contributed by atoms with Gasteiger partial charge in [0.2, 0.25) is 0 Å². The quantitative estimate of drug-likeness (QED) is 0.858. The highest BCUT2D eigenvalue weighted by Gasteiger charge is 2.21. The lowest BCUT2D eigenvalue weighted by Gasteiger charge is -2.32. The standard InChI is InChI=1S/C14H17BrN4S/c1-10(7-16-14-6-13(15)17-9-18-14)19-4-2-12-11(8-19)3-5-20-12/h3,5-6,9-10H,2,4,7-8H2,1H3,(H,16,17,18). The van der Waals surface area contributed by atoms with E-state index in [1.807, 2.05) is 17.4 Å². The lowest BCUT2D eigenvalue weighted by atomic mass is 10.1. The van der Waals surface area contributed by atoms with Crippen LogP contribution in [-0.2, 0) is 13.0 Å². The van der Waals surface area contributed by atoms with Crippen molar-refractivity contribution in [3.05, 3.63) is 38.9 Å². The van der Waals surface area contributed by atoms with Gasteiger partial charge in [-0.15, -0.1) is 11.3 Å². The van der Waals surface area contributed by atoms with Crippen LogP contribution >= 0.6 is 27.3 Å². The number of thiophene rings is 1. The van der Waals surface area contributed by atoms with E-state index >= 15 is 0 Å². The summed E-state index contributed by atoms with van der Waals surface area (Å²) in [5.41, 5.74) is 1.50. The third-order valence-corrected chi connectivity index (χ3v) is 5.13. The number of anilines is 1. The first-order valence-electron chi connectivity index (χ1n) is 6.73. The largest absolute Gasteiger partial charge is 0.368 e. The van der Waals surface area contributed by atoms with Gasteiger partial charge < -0.3 is 5.32 Å². The molecule has 0 aromatic carbocycles. The number of hydrogen-bond acceptors (Lipinski definition) is 5. The molecule has 0 saturated heterocycles. The Morgan fingerprint density at radius 2 is 2.40 bits per heavy atom. The van der Waals surface area contributed by atoms with Crippen LogP contribution in [0.4, 0.5) is 5.82 Å². The molecular formula is C14H17BrN4S. The van der Waals surface area contributed by atoms with Crippen molar-refractivity contribution in [2.45, 2.75) is 25.9 Å². The van der Waals surface area contributed by atoms with Gasteiger partial charge in [0.05, 0.1) is 0 Å². The number of hydrogen-bond donors (Lipinski definition) is 1. The normalized spacial score (nSPS) is 16.7. The molecule has 0 fully saturated rings. The van der Waals surface area contributed by atoms with Crippen molar-refractivity contribution in [2.24, 2.45) is 0 Å². The summed E-state index contributed by atoms with van der Waals surface area (Å²) in [7, 11) is 0. The van der Waals surface area contributed by atoms with Crippen LogP contribution in [0.15, 0.2) is 28.4 Å². The molecule has 2 aromatic heterocycles. The van der Waals surface area contributed by atoms with E-state index in [-0.39, 0.29) is 0 Å². The first-order valence-corrected chi connectivity index (χ1v) is 8.40. The van der Waals surface area contributed by atoms with Crippen LogP contribution in [0.3, 0.4) is 0 Å². The number of fused-ring (bicyclic) bond motifs is 1. The van der Waals surface area contributed by atoms with Gasteiger partial charge in [-0.25, -0.2) is 9.97 Å². The fourth-order valence-corrected chi connectivity index (χ4v) is 3.66. The summed E-state index contributed by atoms with van der Waals surface area (Å²) in [6.07, 6.45) is 2.74. The summed E-state index contributed by atoms with van der Waals surface area (Å²) < 4.78 is 0.809. The Morgan fingerprint density at radius 3 is 3.25 bits per heavy atom. The summed E-state index contributed by atoms with van der Waals surface area (Å²) in [4.78, 5) is 12.3. The maximum absolute atomic E-state index is 4.22. The predicted molar refractivity (Wildman–Crippen MR) is 86.1 cm³/mol. The summed E-state index contributed by atoms with van der Waals surface area (Å²) in [6.45, 7) is 5.36. The summed E-state index contributed by atoms with van der Waals surface area (Å²) in [5, 5.41) is 5.58. The highest BCUT2D eigenvalue weighted by Crippen LogP contribution is 2.25. The molecule has 0 spiro atoms. The zero-order valence-corrected chi connectivity index (χ0v) is 13.7. The molecule has 106 valence electrons. The number of nitrogens with one attached hydrogen (secondary N) is 1. The second-order valence-electron chi connectivity index (χ2n) is 5.05. The second kappa shape index (κ2) is 6.20. The van der Waals surface area contributed by atoms with E-state index in [1.54, 1.807) is 11.2 Å². The molecule has 0 saturated carbocycles. The Bertz CT molecular complexity index is 586. The van der Waals surface area contributed by atoms with Gasteiger partial charge >= 0.3 is 0 Å². The molecule has 0 bridgehead atoms. The lowest BCUT2D eigenvalue weighted by molar-refractivity contribution is 0.200. The van der Waals surface area contributed by atoms with Gasteiger partial charge in [-0.2, -0.15) is 0 Å². The topological polar surface area (TPSA) is 41.1 Å². The van der Waals surface area contributed by atoms with E-state index in [2.05, 4.69) is 54.5 Å². The highest BCUT2D eigenvalue weighted by atomic mass is 79.9. The zero-order chi connectivity index (χ0) is 13.9. The van der Waals surface area contributed by atoms with E-state index in [0.29, 0.717) is 6.04 Å². The predicted octanol–water partition coefficient (Wildman–Crippen LogP) is 3.16. The minimum atomic E-state index is 0.483. The van der Waals surface area contributed by atoms with Crippen molar-refractivity contribution >= 4 is 33.1 Å². The van der Waals surface area contributed by atoms with Crippen LogP contribution in [0.5, 0.6) is 0 Å². The zero-order valence-electron chi connectivity index (χ0n) is 11.3. The molecule has 1 aliphatic rings. The highest BCUT2D eigenvalue weighted by molar-refractivity contribution is 9.10. The van der Waals surface area contributed by atoms with E-state index in [1.165, 1.54) is 12.0 Å². The van der Waals surface area contributed by atoms with Crippen LogP contribution in [-0.4, -0.2) is 34.0 Å². The monoisotopic (exact) mass is 352 g/mol. The van der Waals surface area contributed by atoms with Crippen molar-refractivity contribution < 1.29 is 0 Å². The summed E-state index contributed by atoms with van der Waals surface area (Å²) in [5.74, 6) is 0.868. The van der Waals surface area contributed by atoms with Gasteiger partial charge in [-0.05, 0) is 46.3 Å². The summed E-state index contributed by atoms with van der Waals surface area (Å²) >= 11 is 5.25. The lowest BCUT2D eigenvalue weighted by Crippen LogP contribution is -2.40. The minimum absolute atomic E-state index is 0.483. The van der Waals surface area contributed by atoms with Gasteiger partial charge in [0, 0.05) is 36.6 Å². The molecule has 0 radical (unpaired) electrons. The Kier molecular flexibility index (Phi) is 4.33. The van der Waals surface area contributed by atoms with Gasteiger partial charge in [0.25, 0.3) is 0 Å². The van der Waals surface area contributed by atoms with Crippen molar-refractivity contribution in [2.75, 3.05) is 18.4 Å². The molecule has 1 atom stereocenters. The van der Waals surface area contributed by atoms with Crippen LogP contribution < -0.4 is 5.32 Å². The maximum atomic E-state index is 4.22. The Balaban J connectivity index is 1.56. The molecule has 3 heterocycles. The molecule has 3 rings (SSSR count). The van der Waals surface area contributed by atoms with Crippen molar-refractivity contribution in [3.63, 3.8) is 0 Å². The Labute approximate surface area is 131 Å². The third-order valence-electron chi connectivity index (χ3n) is 3.67. The fourth-order valence-electron chi connectivity index (χ4n) is 2.46. The third kappa shape index (κ3) is 3.19. The molecule has 0 amide bonds. The average molecular weight is 353 g/mol. The number of nitrogens with zero attached hydrogens (tertiary/aromatic N) is 3. The van der Waals surface area contributed by atoms with Gasteiger partial charge in [0.15, 0.2) is 0 Å². The first-order chi connectivity index (χ1) is 9.72. The van der Waals surface area contributed by atoms with Crippen LogP contribution in [0.2, 0.25) is 0 Å². The van der Waals surface area contributed by atoms with E-state index in [9.17, 15) is 0 Å². The Hall–Kier alpha value is -0.980. The minimum Gasteiger partial charge on any atom is -0.368 e. The van der Waals surface area contributed by atoms with Crippen molar-refractivity contribution in [1.29, 1.82) is 0 Å². The molecule has 6 heteroatoms. The van der Waals surface area contributed by atoms with Crippen molar-refractivity contribution in [3.8, 4) is 0 Å². The van der Waals surface area contributed by atoms with E-state index in [0.717, 1.165) is 30.1 Å².